The fraction of sp³-hybridized carbons (Fsp3) is 0.625. The molecular weight excluding hydrogens is 463 g/mol. The zero-order valence-corrected chi connectivity index (χ0v) is 20.4. The molecule has 8 nitrogen and oxygen atoms in total. The Hall–Kier alpha value is -2.50. The molecule has 0 aliphatic carbocycles. The first-order valence-corrected chi connectivity index (χ1v) is 11.8. The largest absolute Gasteiger partial charge is 0.416 e. The number of hydrogen-bond donors (Lipinski definition) is 1. The standard InChI is InChI=1S/C24H34F3N5O3/c1-17-11-32(18(2)15-33)23(34)9-6-10-31-13-20(28-29-31)16-35-22(17)14-30(3)12-19-7-4-5-8-21(19)24(25,26)27/h4-5,7-8,13,17-18,22,33H,6,9-12,14-16H2,1-3H3/t17-,18-,22+/m1/s1. The summed E-state index contributed by atoms with van der Waals surface area (Å²) in [6.45, 7) is 5.12. The number of alkyl halides is 3. The molecule has 11 heteroatoms. The summed E-state index contributed by atoms with van der Waals surface area (Å²) in [5, 5.41) is 17.9. The van der Waals surface area contributed by atoms with Gasteiger partial charge < -0.3 is 14.7 Å². The molecule has 0 fully saturated rings. The smallest absolute Gasteiger partial charge is 0.394 e. The Bertz CT molecular complexity index is 968. The summed E-state index contributed by atoms with van der Waals surface area (Å²) in [5.41, 5.74) is 0.188. The Kier molecular flexibility index (Phi) is 9.26. The highest BCUT2D eigenvalue weighted by Crippen LogP contribution is 2.32. The number of benzene rings is 1. The highest BCUT2D eigenvalue weighted by molar-refractivity contribution is 5.76. The predicted molar refractivity (Wildman–Crippen MR) is 123 cm³/mol. The van der Waals surface area contributed by atoms with Gasteiger partial charge in [-0.1, -0.05) is 30.3 Å². The van der Waals surface area contributed by atoms with Crippen molar-refractivity contribution >= 4 is 5.91 Å². The SMILES string of the molecule is C[C@@H]1CN([C@H](C)CO)C(=O)CCCn2cc(nn2)CO[C@H]1CN(C)Cc1ccccc1C(F)(F)F. The van der Waals surface area contributed by atoms with Gasteiger partial charge in [-0.2, -0.15) is 13.2 Å². The minimum atomic E-state index is -4.43. The fourth-order valence-electron chi connectivity index (χ4n) is 4.29. The van der Waals surface area contributed by atoms with E-state index in [2.05, 4.69) is 10.3 Å². The molecule has 2 heterocycles. The van der Waals surface area contributed by atoms with Crippen LogP contribution in [0.25, 0.3) is 0 Å². The van der Waals surface area contributed by atoms with Gasteiger partial charge in [0, 0.05) is 38.5 Å². The topological polar surface area (TPSA) is 83.7 Å². The van der Waals surface area contributed by atoms with Crippen molar-refractivity contribution in [2.75, 3.05) is 26.7 Å². The Morgan fingerprint density at radius 2 is 2.06 bits per heavy atom. The van der Waals surface area contributed by atoms with Crippen molar-refractivity contribution in [1.82, 2.24) is 24.8 Å². The van der Waals surface area contributed by atoms with Gasteiger partial charge in [0.25, 0.3) is 0 Å². The first-order chi connectivity index (χ1) is 16.6. The lowest BCUT2D eigenvalue weighted by Crippen LogP contribution is -2.47. The monoisotopic (exact) mass is 497 g/mol. The van der Waals surface area contributed by atoms with Gasteiger partial charge >= 0.3 is 6.18 Å². The van der Waals surface area contributed by atoms with Gasteiger partial charge in [-0.3, -0.25) is 14.4 Å². The summed E-state index contributed by atoms with van der Waals surface area (Å²) >= 11 is 0. The number of ether oxygens (including phenoxy) is 1. The molecule has 1 aliphatic heterocycles. The van der Waals surface area contributed by atoms with Crippen LogP contribution in [-0.4, -0.2) is 74.7 Å². The second-order valence-electron chi connectivity index (χ2n) is 9.33. The van der Waals surface area contributed by atoms with Crippen molar-refractivity contribution in [2.45, 2.75) is 64.7 Å². The normalized spacial score (nSPS) is 21.4. The summed E-state index contributed by atoms with van der Waals surface area (Å²) in [7, 11) is 1.75. The Labute approximate surface area is 203 Å². The second kappa shape index (κ2) is 12.0. The molecule has 0 radical (unpaired) electrons. The highest BCUT2D eigenvalue weighted by atomic mass is 19.4. The van der Waals surface area contributed by atoms with Gasteiger partial charge in [0.2, 0.25) is 5.91 Å². The third-order valence-electron chi connectivity index (χ3n) is 6.30. The summed E-state index contributed by atoms with van der Waals surface area (Å²) in [6.07, 6.45) is -2.14. The number of aliphatic hydroxyl groups is 1. The number of rotatable bonds is 6. The molecule has 1 aliphatic rings. The van der Waals surface area contributed by atoms with E-state index in [0.29, 0.717) is 38.2 Å². The van der Waals surface area contributed by atoms with Crippen LogP contribution in [0.2, 0.25) is 0 Å². The molecule has 0 saturated carbocycles. The molecule has 2 aromatic rings. The third kappa shape index (κ3) is 7.49. The zero-order chi connectivity index (χ0) is 25.6. The molecule has 35 heavy (non-hydrogen) atoms. The summed E-state index contributed by atoms with van der Waals surface area (Å²) in [4.78, 5) is 16.4. The maximum Gasteiger partial charge on any atom is 0.416 e. The van der Waals surface area contributed by atoms with Gasteiger partial charge in [-0.25, -0.2) is 0 Å². The van der Waals surface area contributed by atoms with Crippen LogP contribution >= 0.6 is 0 Å². The number of carbonyl (C=O) groups is 1. The van der Waals surface area contributed by atoms with Crippen LogP contribution in [0.3, 0.4) is 0 Å². The molecule has 1 aromatic heterocycles. The molecule has 1 aromatic carbocycles. The first kappa shape index (κ1) is 27.1. The molecular formula is C24H34F3N5O3. The van der Waals surface area contributed by atoms with Gasteiger partial charge in [-0.05, 0) is 32.0 Å². The van der Waals surface area contributed by atoms with Crippen molar-refractivity contribution < 1.29 is 27.8 Å². The van der Waals surface area contributed by atoms with Crippen molar-refractivity contribution in [3.05, 3.63) is 47.3 Å². The Balaban J connectivity index is 1.80. The average molecular weight is 498 g/mol. The lowest BCUT2D eigenvalue weighted by atomic mass is 10.0. The van der Waals surface area contributed by atoms with E-state index < -0.39 is 17.8 Å². The Morgan fingerprint density at radius 1 is 1.31 bits per heavy atom. The summed E-state index contributed by atoms with van der Waals surface area (Å²) in [6, 6.07) is 5.19. The van der Waals surface area contributed by atoms with Gasteiger partial charge in [0.05, 0.1) is 37.1 Å². The minimum Gasteiger partial charge on any atom is -0.394 e. The summed E-state index contributed by atoms with van der Waals surface area (Å²) in [5.74, 6) is -0.215. The third-order valence-corrected chi connectivity index (χ3v) is 6.30. The molecule has 1 N–H and O–H groups in total. The van der Waals surface area contributed by atoms with Crippen LogP contribution in [0, 0.1) is 5.92 Å². The zero-order valence-electron chi connectivity index (χ0n) is 20.4. The van der Waals surface area contributed by atoms with Crippen molar-refractivity contribution in [3.8, 4) is 0 Å². The molecule has 1 amide bonds. The van der Waals surface area contributed by atoms with E-state index >= 15 is 0 Å². The number of aliphatic hydroxyl groups excluding tert-OH is 1. The van der Waals surface area contributed by atoms with Gasteiger partial charge in [0.15, 0.2) is 0 Å². The van der Waals surface area contributed by atoms with E-state index in [1.807, 2.05) is 6.92 Å². The van der Waals surface area contributed by atoms with Crippen LogP contribution in [0.1, 0.15) is 43.5 Å². The lowest BCUT2D eigenvalue weighted by molar-refractivity contribution is -0.138. The van der Waals surface area contributed by atoms with Crippen molar-refractivity contribution in [1.29, 1.82) is 0 Å². The van der Waals surface area contributed by atoms with Crippen LogP contribution in [0.5, 0.6) is 0 Å². The molecule has 0 unspecified atom stereocenters. The van der Waals surface area contributed by atoms with E-state index in [0.717, 1.165) is 6.07 Å². The maximum absolute atomic E-state index is 13.5. The number of hydrogen-bond acceptors (Lipinski definition) is 6. The molecule has 0 spiro atoms. The van der Waals surface area contributed by atoms with E-state index in [9.17, 15) is 23.1 Å². The predicted octanol–water partition coefficient (Wildman–Crippen LogP) is 2.95. The number of aryl methyl sites for hydroxylation is 1. The number of amides is 1. The van der Waals surface area contributed by atoms with E-state index in [4.69, 9.17) is 4.74 Å². The minimum absolute atomic E-state index is 0.0656. The van der Waals surface area contributed by atoms with Gasteiger partial charge in [0.1, 0.15) is 5.69 Å². The fourth-order valence-corrected chi connectivity index (χ4v) is 4.29. The van der Waals surface area contributed by atoms with E-state index in [1.165, 1.54) is 12.1 Å². The Morgan fingerprint density at radius 3 is 2.77 bits per heavy atom. The number of aromatic nitrogens is 3. The summed E-state index contributed by atoms with van der Waals surface area (Å²) < 4.78 is 48.2. The quantitative estimate of drug-likeness (QED) is 0.661. The van der Waals surface area contributed by atoms with Crippen LogP contribution in [0.15, 0.2) is 30.5 Å². The van der Waals surface area contributed by atoms with Crippen LogP contribution in [0.4, 0.5) is 13.2 Å². The first-order valence-electron chi connectivity index (χ1n) is 11.8. The number of fused-ring (bicyclic) bond motifs is 2. The number of halogens is 3. The number of nitrogens with zero attached hydrogens (tertiary/aromatic N) is 5. The average Bonchev–Trinajstić information content (AvgIpc) is 3.26. The van der Waals surface area contributed by atoms with Crippen molar-refractivity contribution in [2.24, 2.45) is 5.92 Å². The van der Waals surface area contributed by atoms with Crippen LogP contribution < -0.4 is 0 Å². The number of carbonyl (C=O) groups excluding carboxylic acids is 1. The van der Waals surface area contributed by atoms with Crippen LogP contribution in [-0.2, 0) is 35.4 Å². The lowest BCUT2D eigenvalue weighted by Gasteiger charge is -2.35. The number of likely N-dealkylation sites (N-methyl/N-ethyl adjacent to an activating group) is 1. The van der Waals surface area contributed by atoms with E-state index in [-0.39, 0.29) is 43.2 Å². The highest BCUT2D eigenvalue weighted by Gasteiger charge is 2.33. The van der Waals surface area contributed by atoms with Gasteiger partial charge in [-0.15, -0.1) is 5.10 Å². The molecule has 194 valence electrons. The maximum atomic E-state index is 13.5. The second-order valence-corrected chi connectivity index (χ2v) is 9.33. The van der Waals surface area contributed by atoms with E-state index in [1.54, 1.807) is 40.7 Å². The van der Waals surface area contributed by atoms with Crippen molar-refractivity contribution in [3.63, 3.8) is 0 Å². The molecule has 2 bridgehead atoms. The molecule has 3 rings (SSSR count). The molecule has 3 atom stereocenters. The molecule has 0 saturated heterocycles.